The molecule has 0 aliphatic carbocycles. The third-order valence-corrected chi connectivity index (χ3v) is 3.60. The summed E-state index contributed by atoms with van der Waals surface area (Å²) in [6.07, 6.45) is 0. The van der Waals surface area contributed by atoms with E-state index in [-0.39, 0.29) is 17.9 Å². The van der Waals surface area contributed by atoms with Crippen molar-refractivity contribution in [1.82, 2.24) is 5.32 Å². The lowest BCUT2D eigenvalue weighted by atomic mass is 10.2. The molecule has 0 spiro atoms. The van der Waals surface area contributed by atoms with Gasteiger partial charge in [0.05, 0.1) is 12.1 Å². The molecular formula is C16H13F2IN2O3. The average molecular weight is 446 g/mol. The number of ether oxygens (including phenoxy) is 1. The lowest BCUT2D eigenvalue weighted by molar-refractivity contribution is -0.115. The van der Waals surface area contributed by atoms with Crippen LogP contribution >= 0.6 is 22.6 Å². The standard InChI is InChI=1S/C16H13F2IN2O3/c17-16(18)24-13-4-2-1-3-12(13)15(23)20-9-14(22)21-11-7-5-10(19)6-8-11/h1-8,16H,9H2,(H,20,23)(H,21,22). The number of benzene rings is 2. The Morgan fingerprint density at radius 3 is 2.42 bits per heavy atom. The minimum Gasteiger partial charge on any atom is -0.434 e. The lowest BCUT2D eigenvalue weighted by Gasteiger charge is -2.11. The highest BCUT2D eigenvalue weighted by Crippen LogP contribution is 2.20. The van der Waals surface area contributed by atoms with Gasteiger partial charge in [0.25, 0.3) is 5.91 Å². The summed E-state index contributed by atoms with van der Waals surface area (Å²) in [4.78, 5) is 23.8. The van der Waals surface area contributed by atoms with Gasteiger partial charge in [-0.05, 0) is 59.0 Å². The van der Waals surface area contributed by atoms with Crippen LogP contribution in [0.15, 0.2) is 48.5 Å². The highest BCUT2D eigenvalue weighted by atomic mass is 127. The van der Waals surface area contributed by atoms with E-state index in [1.54, 1.807) is 12.1 Å². The molecular weight excluding hydrogens is 433 g/mol. The van der Waals surface area contributed by atoms with Crippen molar-refractivity contribution in [3.05, 3.63) is 57.7 Å². The van der Waals surface area contributed by atoms with Crippen LogP contribution in [-0.2, 0) is 4.79 Å². The second kappa shape index (κ2) is 8.57. The summed E-state index contributed by atoms with van der Waals surface area (Å²) >= 11 is 2.14. The quantitative estimate of drug-likeness (QED) is 0.670. The molecule has 126 valence electrons. The zero-order chi connectivity index (χ0) is 17.5. The average Bonchev–Trinajstić information content (AvgIpc) is 2.55. The van der Waals surface area contributed by atoms with Crippen LogP contribution in [0.4, 0.5) is 14.5 Å². The summed E-state index contributed by atoms with van der Waals surface area (Å²) in [6.45, 7) is -3.34. The van der Waals surface area contributed by atoms with Crippen LogP contribution in [0.1, 0.15) is 10.4 Å². The molecule has 5 nitrogen and oxygen atoms in total. The first-order chi connectivity index (χ1) is 11.5. The minimum atomic E-state index is -3.04. The van der Waals surface area contributed by atoms with Gasteiger partial charge in [-0.15, -0.1) is 0 Å². The normalized spacial score (nSPS) is 10.3. The number of carbonyl (C=O) groups is 2. The number of halogens is 3. The van der Waals surface area contributed by atoms with E-state index >= 15 is 0 Å². The molecule has 0 aromatic heterocycles. The summed E-state index contributed by atoms with van der Waals surface area (Å²) in [5.41, 5.74) is 0.524. The van der Waals surface area contributed by atoms with E-state index in [4.69, 9.17) is 0 Å². The molecule has 0 aliphatic heterocycles. The minimum absolute atomic E-state index is 0.0696. The predicted molar refractivity (Wildman–Crippen MR) is 93.2 cm³/mol. The van der Waals surface area contributed by atoms with Crippen molar-refractivity contribution in [3.63, 3.8) is 0 Å². The molecule has 0 aliphatic rings. The summed E-state index contributed by atoms with van der Waals surface area (Å²) in [6, 6.07) is 12.7. The van der Waals surface area contributed by atoms with E-state index in [0.29, 0.717) is 5.69 Å². The summed E-state index contributed by atoms with van der Waals surface area (Å²) in [7, 11) is 0. The fourth-order valence-corrected chi connectivity index (χ4v) is 2.21. The van der Waals surface area contributed by atoms with E-state index in [0.717, 1.165) is 3.57 Å². The second-order valence-corrected chi connectivity index (χ2v) is 5.86. The number of nitrogens with one attached hydrogen (secondary N) is 2. The van der Waals surface area contributed by atoms with Crippen LogP contribution in [0.25, 0.3) is 0 Å². The molecule has 0 atom stereocenters. The van der Waals surface area contributed by atoms with E-state index < -0.39 is 18.4 Å². The van der Waals surface area contributed by atoms with Gasteiger partial charge in [0.2, 0.25) is 5.91 Å². The van der Waals surface area contributed by atoms with Crippen molar-refractivity contribution in [1.29, 1.82) is 0 Å². The van der Waals surface area contributed by atoms with Crippen LogP contribution in [0, 0.1) is 3.57 Å². The molecule has 0 saturated heterocycles. The van der Waals surface area contributed by atoms with Crippen molar-refractivity contribution >= 4 is 40.1 Å². The fraction of sp³-hybridized carbons (Fsp3) is 0.125. The van der Waals surface area contributed by atoms with Gasteiger partial charge in [-0.3, -0.25) is 9.59 Å². The number of hydrogen-bond donors (Lipinski definition) is 2. The highest BCUT2D eigenvalue weighted by molar-refractivity contribution is 14.1. The Labute approximate surface area is 150 Å². The van der Waals surface area contributed by atoms with Gasteiger partial charge in [-0.25, -0.2) is 0 Å². The van der Waals surface area contributed by atoms with Gasteiger partial charge >= 0.3 is 6.61 Å². The topological polar surface area (TPSA) is 67.4 Å². The molecule has 8 heteroatoms. The monoisotopic (exact) mass is 446 g/mol. The maximum Gasteiger partial charge on any atom is 0.387 e. The first-order valence-corrected chi connectivity index (χ1v) is 7.91. The lowest BCUT2D eigenvalue weighted by Crippen LogP contribution is -2.33. The fourth-order valence-electron chi connectivity index (χ4n) is 1.85. The third-order valence-electron chi connectivity index (χ3n) is 2.89. The molecule has 2 aromatic rings. The van der Waals surface area contributed by atoms with Crippen LogP contribution in [0.3, 0.4) is 0 Å². The number of hydrogen-bond acceptors (Lipinski definition) is 3. The number of para-hydroxylation sites is 1. The van der Waals surface area contributed by atoms with Gasteiger partial charge in [-0.2, -0.15) is 8.78 Å². The van der Waals surface area contributed by atoms with E-state index in [9.17, 15) is 18.4 Å². The largest absolute Gasteiger partial charge is 0.434 e. The van der Waals surface area contributed by atoms with Gasteiger partial charge in [0.1, 0.15) is 5.75 Å². The number of anilines is 1. The number of carbonyl (C=O) groups excluding carboxylic acids is 2. The SMILES string of the molecule is O=C(CNC(=O)c1ccccc1OC(F)F)Nc1ccc(I)cc1. The number of alkyl halides is 2. The van der Waals surface area contributed by atoms with Crippen LogP contribution in [-0.4, -0.2) is 25.0 Å². The zero-order valence-electron chi connectivity index (χ0n) is 12.3. The zero-order valence-corrected chi connectivity index (χ0v) is 14.4. The Balaban J connectivity index is 1.93. The molecule has 0 heterocycles. The van der Waals surface area contributed by atoms with E-state index in [1.165, 1.54) is 24.3 Å². The molecule has 0 fully saturated rings. The van der Waals surface area contributed by atoms with Gasteiger partial charge in [0, 0.05) is 9.26 Å². The van der Waals surface area contributed by atoms with Crippen molar-refractivity contribution in [2.45, 2.75) is 6.61 Å². The van der Waals surface area contributed by atoms with Crippen molar-refractivity contribution in [2.75, 3.05) is 11.9 Å². The molecule has 0 saturated carbocycles. The molecule has 24 heavy (non-hydrogen) atoms. The van der Waals surface area contributed by atoms with Crippen molar-refractivity contribution in [2.24, 2.45) is 0 Å². The Morgan fingerprint density at radius 1 is 1.08 bits per heavy atom. The Hall–Kier alpha value is -2.23. The van der Waals surface area contributed by atoms with Gasteiger partial charge < -0.3 is 15.4 Å². The van der Waals surface area contributed by atoms with Crippen LogP contribution < -0.4 is 15.4 Å². The van der Waals surface area contributed by atoms with Crippen LogP contribution in [0.5, 0.6) is 5.75 Å². The molecule has 2 amide bonds. The van der Waals surface area contributed by atoms with Gasteiger partial charge in [0.15, 0.2) is 0 Å². The summed E-state index contributed by atoms with van der Waals surface area (Å²) < 4.78 is 30.0. The van der Waals surface area contributed by atoms with E-state index in [1.807, 2.05) is 12.1 Å². The smallest absolute Gasteiger partial charge is 0.387 e. The molecule has 0 unspecified atom stereocenters. The first-order valence-electron chi connectivity index (χ1n) is 6.83. The Bertz CT molecular complexity index is 724. The molecule has 2 N–H and O–H groups in total. The third kappa shape index (κ3) is 5.44. The number of amides is 2. The Kier molecular flexibility index (Phi) is 6.47. The van der Waals surface area contributed by atoms with Crippen molar-refractivity contribution in [3.8, 4) is 5.75 Å². The van der Waals surface area contributed by atoms with Gasteiger partial charge in [-0.1, -0.05) is 12.1 Å². The predicted octanol–water partition coefficient (Wildman–Crippen LogP) is 3.26. The van der Waals surface area contributed by atoms with E-state index in [2.05, 4.69) is 38.0 Å². The molecule has 0 bridgehead atoms. The summed E-state index contributed by atoms with van der Waals surface area (Å²) in [5, 5.41) is 4.98. The maximum absolute atomic E-state index is 12.3. The highest BCUT2D eigenvalue weighted by Gasteiger charge is 2.15. The molecule has 0 radical (unpaired) electrons. The Morgan fingerprint density at radius 2 is 1.75 bits per heavy atom. The summed E-state index contributed by atoms with van der Waals surface area (Å²) in [5.74, 6) is -1.36. The maximum atomic E-state index is 12.3. The molecule has 2 aromatic carbocycles. The van der Waals surface area contributed by atoms with Crippen LogP contribution in [0.2, 0.25) is 0 Å². The number of rotatable bonds is 6. The molecule has 2 rings (SSSR count). The second-order valence-electron chi connectivity index (χ2n) is 4.61. The van der Waals surface area contributed by atoms with Crippen molar-refractivity contribution < 1.29 is 23.1 Å². The first kappa shape index (κ1) is 18.1.